The number of rotatable bonds is 7. The van der Waals surface area contributed by atoms with Crippen LogP contribution in [0.4, 0.5) is 0 Å². The zero-order valence-corrected chi connectivity index (χ0v) is 47.4. The molecule has 0 unspecified atom stereocenters. The van der Waals surface area contributed by atoms with Crippen molar-refractivity contribution in [3.05, 3.63) is 272 Å². The monoisotopic (exact) mass is 1190 g/mol. The van der Waals surface area contributed by atoms with Gasteiger partial charge in [-0.15, -0.1) is 0 Å². The molecule has 8 nitrogen and oxygen atoms in total. The minimum atomic E-state index is 0.312. The van der Waals surface area contributed by atoms with Crippen LogP contribution >= 0.6 is 11.6 Å². The fourth-order valence-electron chi connectivity index (χ4n) is 10.2. The van der Waals surface area contributed by atoms with Crippen LogP contribution in [0.1, 0.15) is 0 Å². The average molecular weight is 1190 g/mol. The summed E-state index contributed by atoms with van der Waals surface area (Å²) >= 11 is 6.91. The van der Waals surface area contributed by atoms with Crippen molar-refractivity contribution in [2.45, 2.75) is 0 Å². The van der Waals surface area contributed by atoms with Crippen LogP contribution in [0, 0.1) is 0 Å². The van der Waals surface area contributed by atoms with Crippen LogP contribution in [0.15, 0.2) is 267 Å². The Morgan fingerprint density at radius 1 is 0.321 bits per heavy atom. The topological polar surface area (TPSA) is 98.1 Å². The molecule has 0 aliphatic rings. The number of nitrogens with zero attached hydrogens (tertiary/aromatic N) is 7. The van der Waals surface area contributed by atoms with Crippen molar-refractivity contribution in [1.29, 1.82) is 0 Å². The van der Waals surface area contributed by atoms with Gasteiger partial charge in [0.15, 0.2) is 17.5 Å². The average Bonchev–Trinajstić information content (AvgIpc) is 4.38. The number of H-pyrrole nitrogens is 1. The van der Waals surface area contributed by atoms with E-state index in [-0.39, 0.29) is 0 Å². The molecule has 1 N–H and O–H groups in total. The normalized spacial score (nSPS) is 11.3. The van der Waals surface area contributed by atoms with Gasteiger partial charge in [0.05, 0.1) is 0 Å². The molecule has 384 valence electrons. The second kappa shape index (κ2) is 22.0. The van der Waals surface area contributed by atoms with Crippen molar-refractivity contribution < 1.29 is 0 Å². The summed E-state index contributed by atoms with van der Waals surface area (Å²) in [6.45, 7) is 0. The third kappa shape index (κ3) is 10.1. The quantitative estimate of drug-likeness (QED) is 0.160. The van der Waals surface area contributed by atoms with Gasteiger partial charge in [0.2, 0.25) is 0 Å². The van der Waals surface area contributed by atoms with Gasteiger partial charge in [-0.1, -0.05) is 121 Å². The second-order valence-corrected chi connectivity index (χ2v) is 24.1. The summed E-state index contributed by atoms with van der Waals surface area (Å²) in [4.78, 5) is 32.0. The van der Waals surface area contributed by atoms with Gasteiger partial charge in [-0.05, 0) is 12.1 Å². The molecule has 6 heterocycles. The number of nitrogens with one attached hydrogen (secondary N) is 1. The van der Waals surface area contributed by atoms with E-state index in [1.165, 1.54) is 60.4 Å². The number of hydrogen-bond donors (Lipinski definition) is 1. The summed E-state index contributed by atoms with van der Waals surface area (Å²) in [7, 11) is 0. The predicted molar refractivity (Wildman–Crippen MR) is 336 cm³/mol. The Bertz CT molecular complexity index is 4790. The molecule has 0 bridgehead atoms. The first-order valence-electron chi connectivity index (χ1n) is 26.4. The Balaban J connectivity index is 0.000000121. The summed E-state index contributed by atoms with van der Waals surface area (Å²) in [5, 5.41) is 9.00. The third-order valence-corrected chi connectivity index (χ3v) is 19.5. The van der Waals surface area contributed by atoms with E-state index in [0.29, 0.717) is 69.0 Å². The maximum absolute atomic E-state index is 6.14. The van der Waals surface area contributed by atoms with Crippen LogP contribution < -0.4 is 0 Å². The van der Waals surface area contributed by atoms with E-state index in [1.54, 1.807) is 0 Å². The summed E-state index contributed by atoms with van der Waals surface area (Å²) in [5.74, 6) is 3.88. The van der Waals surface area contributed by atoms with E-state index in [9.17, 15) is 0 Å². The van der Waals surface area contributed by atoms with Crippen LogP contribution in [-0.4, -0.2) is 68.5 Å². The van der Waals surface area contributed by atoms with Crippen molar-refractivity contribution in [2.75, 3.05) is 0 Å². The molecule has 11 heteroatoms. The molecule has 0 aliphatic heterocycles. The molecule has 0 saturated heterocycles. The van der Waals surface area contributed by atoms with Crippen LogP contribution in [0.2, 0.25) is 5.02 Å². The molecular weight excluding hydrogens is 1150 g/mol. The second-order valence-electron chi connectivity index (χ2n) is 19.3. The van der Waals surface area contributed by atoms with Crippen molar-refractivity contribution in [3.63, 3.8) is 0 Å². The number of aromatic amines is 1. The molecular formula is C70H45ClN8Se2. The van der Waals surface area contributed by atoms with E-state index in [2.05, 4.69) is 140 Å². The van der Waals surface area contributed by atoms with E-state index in [0.717, 1.165) is 39.1 Å². The van der Waals surface area contributed by atoms with Crippen LogP contribution in [-0.2, 0) is 0 Å². The Labute approximate surface area is 483 Å². The van der Waals surface area contributed by atoms with Crippen molar-refractivity contribution >= 4 is 101 Å². The molecule has 0 atom stereocenters. The molecule has 16 rings (SSSR count). The molecule has 6 aromatic heterocycles. The van der Waals surface area contributed by atoms with E-state index < -0.39 is 0 Å². The van der Waals surface area contributed by atoms with Crippen molar-refractivity contribution in [1.82, 2.24) is 39.5 Å². The third-order valence-electron chi connectivity index (χ3n) is 14.2. The fraction of sp³-hybridized carbons (Fsp3) is 0. The van der Waals surface area contributed by atoms with E-state index in [4.69, 9.17) is 26.6 Å². The predicted octanol–water partition coefficient (Wildman–Crippen LogP) is 17.2. The summed E-state index contributed by atoms with van der Waals surface area (Å²) in [5.41, 5.74) is 9.21. The molecule has 16 aromatic rings. The first kappa shape index (κ1) is 49.9. The van der Waals surface area contributed by atoms with Crippen LogP contribution in [0.3, 0.4) is 0 Å². The SMILES string of the molecule is Clc1cccc(-c2nc(-c3ccccc3)nc(-c3ccccc3)n2)c1.c1ccc(-c2nc(-c3ccccc3)nc(-c3cccc(-n4ccc5c6[se]c7ccccc7c6ccc54)c3)n2)cc1.c1ccc2c(c1)[se]c1c3cc[nH]c3ccc21. The van der Waals surface area contributed by atoms with Gasteiger partial charge in [-0.2, -0.15) is 0 Å². The minimum absolute atomic E-state index is 0.312. The molecule has 0 saturated carbocycles. The van der Waals surface area contributed by atoms with Gasteiger partial charge in [0.25, 0.3) is 0 Å². The Morgan fingerprint density at radius 2 is 0.741 bits per heavy atom. The Morgan fingerprint density at radius 3 is 1.25 bits per heavy atom. The van der Waals surface area contributed by atoms with Gasteiger partial charge in [-0.3, -0.25) is 0 Å². The molecule has 81 heavy (non-hydrogen) atoms. The van der Waals surface area contributed by atoms with E-state index in [1.807, 2.05) is 152 Å². The van der Waals surface area contributed by atoms with Gasteiger partial charge < -0.3 is 0 Å². The van der Waals surface area contributed by atoms with Gasteiger partial charge in [0, 0.05) is 21.7 Å². The van der Waals surface area contributed by atoms with Gasteiger partial charge in [0.1, 0.15) is 0 Å². The standard InChI is InChI=1S/C35H22N4Se.C21H14ClN3.C14H9NSe/c1-3-10-23(11-4-1)33-36-34(24-12-5-2-6-13-24)38-35(37-33)25-14-9-15-26(22-25)39-21-20-29-30(39)19-18-28-27-16-7-8-17-31(27)40-32(28)29;22-18-13-7-12-17(14-18)21-24-19(15-8-3-1-4-9-15)23-20(25-21)16-10-5-2-6-11-16;1-2-4-13-9(3-1)10-5-6-12-11(7-8-15-12)14(10)16-13/h1-22H;1-14H;1-8,15H. The molecule has 0 radical (unpaired) electrons. The first-order chi connectivity index (χ1) is 40.0. The van der Waals surface area contributed by atoms with Crippen LogP contribution in [0.25, 0.3) is 134 Å². The fourth-order valence-corrected chi connectivity index (χ4v) is 15.6. The number of aromatic nitrogens is 8. The van der Waals surface area contributed by atoms with Crippen LogP contribution in [0.5, 0.6) is 0 Å². The summed E-state index contributed by atoms with van der Waals surface area (Å²) in [6, 6.07) is 87.0. The number of benzene rings is 10. The van der Waals surface area contributed by atoms with E-state index >= 15 is 0 Å². The zero-order valence-electron chi connectivity index (χ0n) is 43.2. The summed E-state index contributed by atoms with van der Waals surface area (Å²) in [6.07, 6.45) is 4.21. The zero-order chi connectivity index (χ0) is 54.1. The first-order valence-corrected chi connectivity index (χ1v) is 30.2. The molecule has 0 fully saturated rings. The molecule has 0 amide bonds. The maximum atomic E-state index is 6.14. The Hall–Kier alpha value is -9.37. The summed E-state index contributed by atoms with van der Waals surface area (Å²) < 4.78 is 8.26. The number of fused-ring (bicyclic) bond motifs is 10. The molecule has 0 spiro atoms. The van der Waals surface area contributed by atoms with Gasteiger partial charge >= 0.3 is 300 Å². The van der Waals surface area contributed by atoms with Crippen molar-refractivity contribution in [2.24, 2.45) is 0 Å². The number of halogens is 1. The van der Waals surface area contributed by atoms with Gasteiger partial charge in [-0.25, -0.2) is 15.0 Å². The molecule has 10 aromatic carbocycles. The number of hydrogen-bond acceptors (Lipinski definition) is 6. The Kier molecular flexibility index (Phi) is 13.6. The van der Waals surface area contributed by atoms with Crippen molar-refractivity contribution in [3.8, 4) is 74.0 Å². The molecule has 0 aliphatic carbocycles.